The molecule has 2 aliphatic heterocycles. The molecule has 2 aromatic carbocycles. The lowest BCUT2D eigenvalue weighted by Gasteiger charge is -2.27. The third kappa shape index (κ3) is 3.38. The third-order valence-electron chi connectivity index (χ3n) is 5.53. The molecule has 2 unspecified atom stereocenters. The summed E-state index contributed by atoms with van der Waals surface area (Å²) in [6, 6.07) is 9.53. The SMILES string of the molecule is CCC(C)N1C(=O)c2ccc(C(=O)NC3CCOc4ccc(Cl)cc43)cc2C1=O. The van der Waals surface area contributed by atoms with Crippen molar-refractivity contribution in [3.05, 3.63) is 63.7 Å². The highest BCUT2D eigenvalue weighted by atomic mass is 35.5. The first-order valence-electron chi connectivity index (χ1n) is 9.65. The summed E-state index contributed by atoms with van der Waals surface area (Å²) >= 11 is 6.10. The molecule has 1 N–H and O–H groups in total. The Kier molecular flexibility index (Phi) is 5.04. The summed E-state index contributed by atoms with van der Waals surface area (Å²) in [5, 5.41) is 3.56. The quantitative estimate of drug-likeness (QED) is 0.770. The van der Waals surface area contributed by atoms with Crippen LogP contribution in [0.3, 0.4) is 0 Å². The van der Waals surface area contributed by atoms with Crippen LogP contribution in [-0.2, 0) is 0 Å². The van der Waals surface area contributed by atoms with E-state index in [0.29, 0.717) is 41.3 Å². The second-order valence-corrected chi connectivity index (χ2v) is 7.78. The van der Waals surface area contributed by atoms with Gasteiger partial charge in [-0.1, -0.05) is 18.5 Å². The van der Waals surface area contributed by atoms with Crippen molar-refractivity contribution in [3.63, 3.8) is 0 Å². The number of carbonyl (C=O) groups is 3. The van der Waals surface area contributed by atoms with Gasteiger partial charge in [0, 0.05) is 28.6 Å². The normalized spacial score (nSPS) is 18.7. The van der Waals surface area contributed by atoms with Crippen molar-refractivity contribution in [1.29, 1.82) is 0 Å². The molecule has 0 spiro atoms. The smallest absolute Gasteiger partial charge is 0.261 e. The number of ether oxygens (including phenoxy) is 1. The largest absolute Gasteiger partial charge is 0.493 e. The van der Waals surface area contributed by atoms with E-state index >= 15 is 0 Å². The Hall–Kier alpha value is -2.86. The van der Waals surface area contributed by atoms with Gasteiger partial charge < -0.3 is 10.1 Å². The average molecular weight is 413 g/mol. The van der Waals surface area contributed by atoms with E-state index in [2.05, 4.69) is 5.32 Å². The van der Waals surface area contributed by atoms with Crippen molar-refractivity contribution in [2.24, 2.45) is 0 Å². The molecule has 0 aromatic heterocycles. The van der Waals surface area contributed by atoms with Gasteiger partial charge in [-0.2, -0.15) is 0 Å². The Bertz CT molecular complexity index is 1020. The lowest BCUT2D eigenvalue weighted by atomic mass is 9.99. The van der Waals surface area contributed by atoms with Gasteiger partial charge in [0.2, 0.25) is 0 Å². The summed E-state index contributed by atoms with van der Waals surface area (Å²) in [5.74, 6) is -0.269. The minimum atomic E-state index is -0.350. The Morgan fingerprint density at radius 2 is 1.97 bits per heavy atom. The van der Waals surface area contributed by atoms with Crippen LogP contribution in [0.4, 0.5) is 0 Å². The number of hydrogen-bond donors (Lipinski definition) is 1. The van der Waals surface area contributed by atoms with Crippen LogP contribution < -0.4 is 10.1 Å². The standard InChI is InChI=1S/C22H21ClN2O4/c1-3-12(2)25-21(27)15-6-4-13(10-16(15)22(25)28)20(26)24-18-8-9-29-19-7-5-14(23)11-17(18)19/h4-7,10-12,18H,3,8-9H2,1-2H3,(H,24,26). The molecular formula is C22H21ClN2O4. The highest BCUT2D eigenvalue weighted by Crippen LogP contribution is 2.34. The minimum Gasteiger partial charge on any atom is -0.493 e. The lowest BCUT2D eigenvalue weighted by molar-refractivity contribution is 0.0593. The number of fused-ring (bicyclic) bond motifs is 2. The highest BCUT2D eigenvalue weighted by Gasteiger charge is 2.38. The van der Waals surface area contributed by atoms with Gasteiger partial charge in [0.15, 0.2) is 0 Å². The molecule has 0 saturated carbocycles. The molecule has 0 fully saturated rings. The van der Waals surface area contributed by atoms with E-state index < -0.39 is 0 Å². The van der Waals surface area contributed by atoms with Crippen LogP contribution in [0.25, 0.3) is 0 Å². The second-order valence-electron chi connectivity index (χ2n) is 7.34. The number of halogens is 1. The number of hydrogen-bond acceptors (Lipinski definition) is 4. The van der Waals surface area contributed by atoms with Crippen LogP contribution in [0.5, 0.6) is 5.75 Å². The fourth-order valence-electron chi connectivity index (χ4n) is 3.74. The van der Waals surface area contributed by atoms with E-state index in [-0.39, 0.29) is 35.4 Å². The molecule has 2 aliphatic rings. The molecule has 0 bridgehead atoms. The number of imide groups is 1. The number of amides is 3. The van der Waals surface area contributed by atoms with Gasteiger partial charge in [-0.3, -0.25) is 19.3 Å². The van der Waals surface area contributed by atoms with Gasteiger partial charge in [-0.15, -0.1) is 0 Å². The zero-order valence-corrected chi connectivity index (χ0v) is 17.0. The number of rotatable bonds is 4. The van der Waals surface area contributed by atoms with Crippen LogP contribution in [-0.4, -0.2) is 35.3 Å². The summed E-state index contributed by atoms with van der Waals surface area (Å²) in [7, 11) is 0. The van der Waals surface area contributed by atoms with E-state index in [1.54, 1.807) is 30.3 Å². The molecule has 0 aliphatic carbocycles. The second kappa shape index (κ2) is 7.52. The van der Waals surface area contributed by atoms with Crippen LogP contribution in [0, 0.1) is 0 Å². The van der Waals surface area contributed by atoms with E-state index in [9.17, 15) is 14.4 Å². The maximum atomic E-state index is 12.9. The predicted octanol–water partition coefficient (Wildman–Crippen LogP) is 3.99. The highest BCUT2D eigenvalue weighted by molar-refractivity contribution is 6.30. The van der Waals surface area contributed by atoms with E-state index in [4.69, 9.17) is 16.3 Å². The molecular weight excluding hydrogens is 392 g/mol. The molecule has 0 saturated heterocycles. The number of carbonyl (C=O) groups excluding carboxylic acids is 3. The molecule has 29 heavy (non-hydrogen) atoms. The maximum Gasteiger partial charge on any atom is 0.261 e. The molecule has 4 rings (SSSR count). The molecule has 0 radical (unpaired) electrons. The van der Waals surface area contributed by atoms with Crippen molar-refractivity contribution in [3.8, 4) is 5.75 Å². The first-order valence-corrected chi connectivity index (χ1v) is 10.0. The fraction of sp³-hybridized carbons (Fsp3) is 0.318. The zero-order chi connectivity index (χ0) is 20.7. The van der Waals surface area contributed by atoms with Gasteiger partial charge in [-0.05, 0) is 49.7 Å². The van der Waals surface area contributed by atoms with Crippen molar-refractivity contribution >= 4 is 29.3 Å². The third-order valence-corrected chi connectivity index (χ3v) is 5.76. The van der Waals surface area contributed by atoms with Crippen molar-refractivity contribution < 1.29 is 19.1 Å². The number of nitrogens with one attached hydrogen (secondary N) is 1. The van der Waals surface area contributed by atoms with Gasteiger partial charge in [0.05, 0.1) is 23.8 Å². The van der Waals surface area contributed by atoms with E-state index in [1.807, 2.05) is 13.8 Å². The minimum absolute atomic E-state index is 0.192. The molecule has 2 aromatic rings. The number of benzene rings is 2. The molecule has 6 nitrogen and oxygen atoms in total. The summed E-state index contributed by atoms with van der Waals surface area (Å²) in [5.41, 5.74) is 1.78. The predicted molar refractivity (Wildman–Crippen MR) is 108 cm³/mol. The van der Waals surface area contributed by atoms with Crippen molar-refractivity contribution in [2.75, 3.05) is 6.61 Å². The zero-order valence-electron chi connectivity index (χ0n) is 16.2. The topological polar surface area (TPSA) is 75.7 Å². The summed E-state index contributed by atoms with van der Waals surface area (Å²) in [6.07, 6.45) is 1.29. The number of nitrogens with zero attached hydrogens (tertiary/aromatic N) is 1. The molecule has 7 heteroatoms. The van der Waals surface area contributed by atoms with E-state index in [1.165, 1.54) is 11.0 Å². The monoisotopic (exact) mass is 412 g/mol. The molecule has 150 valence electrons. The Labute approximate surface area is 173 Å². The van der Waals surface area contributed by atoms with Crippen LogP contribution in [0.1, 0.15) is 69.4 Å². The maximum absolute atomic E-state index is 12.9. The first-order chi connectivity index (χ1) is 13.9. The van der Waals surface area contributed by atoms with Gasteiger partial charge >= 0.3 is 0 Å². The van der Waals surface area contributed by atoms with Gasteiger partial charge in [-0.25, -0.2) is 0 Å². The Morgan fingerprint density at radius 3 is 2.72 bits per heavy atom. The van der Waals surface area contributed by atoms with Crippen LogP contribution in [0.2, 0.25) is 5.02 Å². The Balaban J connectivity index is 1.58. The lowest BCUT2D eigenvalue weighted by Crippen LogP contribution is -2.37. The van der Waals surface area contributed by atoms with E-state index in [0.717, 1.165) is 5.56 Å². The summed E-state index contributed by atoms with van der Waals surface area (Å²) in [6.45, 7) is 4.24. The Morgan fingerprint density at radius 1 is 1.21 bits per heavy atom. The van der Waals surface area contributed by atoms with Crippen molar-refractivity contribution in [2.45, 2.75) is 38.8 Å². The van der Waals surface area contributed by atoms with Gasteiger partial charge in [0.1, 0.15) is 5.75 Å². The molecule has 2 heterocycles. The van der Waals surface area contributed by atoms with Crippen LogP contribution >= 0.6 is 11.6 Å². The first kappa shape index (κ1) is 19.5. The van der Waals surface area contributed by atoms with Crippen molar-refractivity contribution in [1.82, 2.24) is 10.2 Å². The summed E-state index contributed by atoms with van der Waals surface area (Å²) < 4.78 is 5.63. The molecule has 3 amide bonds. The summed E-state index contributed by atoms with van der Waals surface area (Å²) in [4.78, 5) is 39.4. The van der Waals surface area contributed by atoms with Crippen LogP contribution in [0.15, 0.2) is 36.4 Å². The average Bonchev–Trinajstić information content (AvgIpc) is 2.97. The van der Waals surface area contributed by atoms with Gasteiger partial charge in [0.25, 0.3) is 17.7 Å². The fourth-order valence-corrected chi connectivity index (χ4v) is 3.92. The molecule has 2 atom stereocenters.